The number of piperidine rings is 1. The molecule has 0 radical (unpaired) electrons. The van der Waals surface area contributed by atoms with Gasteiger partial charge in [-0.25, -0.2) is 0 Å². The molecule has 0 bridgehead atoms. The van der Waals surface area contributed by atoms with Gasteiger partial charge in [0.1, 0.15) is 6.10 Å². The van der Waals surface area contributed by atoms with Gasteiger partial charge < -0.3 is 15.4 Å². The van der Waals surface area contributed by atoms with Crippen molar-refractivity contribution in [2.75, 3.05) is 13.2 Å². The lowest BCUT2D eigenvalue weighted by Crippen LogP contribution is -2.53. The Hall–Kier alpha value is -0.580. The van der Waals surface area contributed by atoms with Crippen LogP contribution in [0.25, 0.3) is 0 Å². The zero-order valence-electron chi connectivity index (χ0n) is 11.3. The molecule has 1 saturated heterocycles. The van der Waals surface area contributed by atoms with Crippen molar-refractivity contribution in [2.45, 2.75) is 51.3 Å². The van der Waals surface area contributed by atoms with Gasteiger partial charge in [-0.1, -0.05) is 6.08 Å². The van der Waals surface area contributed by atoms with Crippen molar-refractivity contribution in [3.63, 3.8) is 0 Å². The Labute approximate surface area is 116 Å². The average Bonchev–Trinajstić information content (AvgIpc) is 2.32. The summed E-state index contributed by atoms with van der Waals surface area (Å²) in [4.78, 5) is 11.9. The smallest absolute Gasteiger partial charge is 0.249 e. The second kappa shape index (κ2) is 9.36. The van der Waals surface area contributed by atoms with E-state index in [-0.39, 0.29) is 30.5 Å². The first-order valence-electron chi connectivity index (χ1n) is 6.41. The number of carbonyl (C=O) groups is 1. The van der Waals surface area contributed by atoms with E-state index in [0.717, 1.165) is 25.8 Å². The highest BCUT2D eigenvalue weighted by molar-refractivity contribution is 5.85. The van der Waals surface area contributed by atoms with Crippen molar-refractivity contribution in [2.24, 2.45) is 0 Å². The van der Waals surface area contributed by atoms with Crippen molar-refractivity contribution in [3.8, 4) is 0 Å². The molecular formula is C13H25ClN2O2. The minimum atomic E-state index is -0.385. The third-order valence-corrected chi connectivity index (χ3v) is 3.15. The third-order valence-electron chi connectivity index (χ3n) is 3.15. The molecule has 1 aliphatic heterocycles. The summed E-state index contributed by atoms with van der Waals surface area (Å²) in [7, 11) is 0. The number of halogens is 1. The van der Waals surface area contributed by atoms with Crippen LogP contribution < -0.4 is 10.6 Å². The molecule has 1 heterocycles. The molecule has 1 rings (SSSR count). The van der Waals surface area contributed by atoms with Crippen molar-refractivity contribution in [1.29, 1.82) is 0 Å². The summed E-state index contributed by atoms with van der Waals surface area (Å²) in [6.45, 7) is 9.11. The number of hydrogen-bond donors (Lipinski definition) is 2. The summed E-state index contributed by atoms with van der Waals surface area (Å²) in [6.07, 6.45) is 4.33. The molecule has 1 fully saturated rings. The van der Waals surface area contributed by atoms with Crippen LogP contribution in [0.4, 0.5) is 0 Å². The van der Waals surface area contributed by atoms with Gasteiger partial charge in [0, 0.05) is 12.1 Å². The van der Waals surface area contributed by atoms with Gasteiger partial charge in [0.2, 0.25) is 5.91 Å². The zero-order valence-corrected chi connectivity index (χ0v) is 12.1. The van der Waals surface area contributed by atoms with E-state index in [9.17, 15) is 4.79 Å². The molecule has 0 saturated carbocycles. The summed E-state index contributed by atoms with van der Waals surface area (Å²) in [6, 6.07) is 0.565. The Kier molecular flexibility index (Phi) is 9.06. The molecule has 5 heteroatoms. The fraction of sp³-hybridized carbons (Fsp3) is 0.769. The Morgan fingerprint density at radius 1 is 1.67 bits per heavy atom. The predicted molar refractivity (Wildman–Crippen MR) is 76.1 cm³/mol. The maximum absolute atomic E-state index is 11.9. The molecule has 0 spiro atoms. The molecule has 18 heavy (non-hydrogen) atoms. The summed E-state index contributed by atoms with van der Waals surface area (Å²) in [5, 5.41) is 6.40. The molecule has 0 aromatic heterocycles. The van der Waals surface area contributed by atoms with E-state index in [1.54, 1.807) is 13.0 Å². The predicted octanol–water partition coefficient (Wildman–Crippen LogP) is 1.65. The van der Waals surface area contributed by atoms with E-state index in [1.807, 2.05) is 0 Å². The molecule has 0 aliphatic carbocycles. The molecule has 0 aromatic carbocycles. The summed E-state index contributed by atoms with van der Waals surface area (Å²) in [5.74, 6) is -0.0189. The van der Waals surface area contributed by atoms with Crippen LogP contribution >= 0.6 is 12.4 Å². The van der Waals surface area contributed by atoms with Gasteiger partial charge in [0.15, 0.2) is 0 Å². The molecule has 3 atom stereocenters. The van der Waals surface area contributed by atoms with Gasteiger partial charge in [0.05, 0.1) is 6.61 Å². The number of carbonyl (C=O) groups excluding carboxylic acids is 1. The number of hydrogen-bond acceptors (Lipinski definition) is 3. The van der Waals surface area contributed by atoms with Gasteiger partial charge in [-0.3, -0.25) is 4.79 Å². The lowest BCUT2D eigenvalue weighted by Gasteiger charge is -2.31. The maximum Gasteiger partial charge on any atom is 0.249 e. The largest absolute Gasteiger partial charge is 0.368 e. The fourth-order valence-corrected chi connectivity index (χ4v) is 1.95. The van der Waals surface area contributed by atoms with Crippen LogP contribution in [0, 0.1) is 0 Å². The molecule has 1 amide bonds. The third kappa shape index (κ3) is 5.85. The topological polar surface area (TPSA) is 50.4 Å². The summed E-state index contributed by atoms with van der Waals surface area (Å²) in [5.41, 5.74) is 0. The maximum atomic E-state index is 11.9. The summed E-state index contributed by atoms with van der Waals surface area (Å²) < 4.78 is 5.42. The van der Waals surface area contributed by atoms with Crippen molar-refractivity contribution < 1.29 is 9.53 Å². The number of amides is 1. The van der Waals surface area contributed by atoms with Crippen LogP contribution in [0.5, 0.6) is 0 Å². The minimum Gasteiger partial charge on any atom is -0.368 e. The second-order valence-corrected chi connectivity index (χ2v) is 4.59. The number of ether oxygens (including phenoxy) is 1. The molecular weight excluding hydrogens is 252 g/mol. The first-order valence-corrected chi connectivity index (χ1v) is 6.41. The molecule has 4 nitrogen and oxygen atoms in total. The molecule has 2 N–H and O–H groups in total. The van der Waals surface area contributed by atoms with E-state index in [4.69, 9.17) is 4.74 Å². The van der Waals surface area contributed by atoms with E-state index >= 15 is 0 Å². The molecule has 106 valence electrons. The van der Waals surface area contributed by atoms with E-state index in [0.29, 0.717) is 12.6 Å². The van der Waals surface area contributed by atoms with Crippen molar-refractivity contribution in [3.05, 3.63) is 12.7 Å². The van der Waals surface area contributed by atoms with Crippen molar-refractivity contribution >= 4 is 18.3 Å². The first kappa shape index (κ1) is 17.4. The highest BCUT2D eigenvalue weighted by Gasteiger charge is 2.24. The van der Waals surface area contributed by atoms with Gasteiger partial charge >= 0.3 is 0 Å². The highest BCUT2D eigenvalue weighted by atomic mass is 35.5. The van der Waals surface area contributed by atoms with Gasteiger partial charge in [-0.05, 0) is 39.7 Å². The van der Waals surface area contributed by atoms with E-state index in [1.165, 1.54) is 0 Å². The standard InChI is InChI=1S/C13H24N2O2.ClH/c1-4-5-9-17-11(3)13(16)15-12-7-6-8-14-10(12)2;/h4,10-12,14H,1,5-9H2,2-3H3,(H,15,16);1H. The number of nitrogens with one attached hydrogen (secondary N) is 2. The van der Waals surface area contributed by atoms with E-state index in [2.05, 4.69) is 24.1 Å². The SMILES string of the molecule is C=CCCOC(C)C(=O)NC1CCCNC1C.Cl. The van der Waals surface area contributed by atoms with Gasteiger partial charge in [-0.15, -0.1) is 19.0 Å². The first-order chi connectivity index (χ1) is 8.15. The minimum absolute atomic E-state index is 0. The fourth-order valence-electron chi connectivity index (χ4n) is 1.95. The van der Waals surface area contributed by atoms with Gasteiger partial charge in [-0.2, -0.15) is 0 Å². The molecule has 3 unspecified atom stereocenters. The van der Waals surface area contributed by atoms with Gasteiger partial charge in [0.25, 0.3) is 0 Å². The van der Waals surface area contributed by atoms with Crippen LogP contribution in [0.15, 0.2) is 12.7 Å². The second-order valence-electron chi connectivity index (χ2n) is 4.59. The Balaban J connectivity index is 0.00000289. The lowest BCUT2D eigenvalue weighted by atomic mass is 10.00. The quantitative estimate of drug-likeness (QED) is 0.573. The van der Waals surface area contributed by atoms with Crippen LogP contribution in [-0.2, 0) is 9.53 Å². The normalized spacial score (nSPS) is 24.8. The molecule has 0 aromatic rings. The molecule has 1 aliphatic rings. The Bertz CT molecular complexity index is 261. The van der Waals surface area contributed by atoms with Crippen LogP contribution in [0.1, 0.15) is 33.1 Å². The van der Waals surface area contributed by atoms with Crippen LogP contribution in [0.2, 0.25) is 0 Å². The summed E-state index contributed by atoms with van der Waals surface area (Å²) >= 11 is 0. The monoisotopic (exact) mass is 276 g/mol. The number of rotatable bonds is 6. The van der Waals surface area contributed by atoms with E-state index < -0.39 is 0 Å². The Morgan fingerprint density at radius 3 is 3.00 bits per heavy atom. The van der Waals surface area contributed by atoms with Crippen LogP contribution in [0.3, 0.4) is 0 Å². The van der Waals surface area contributed by atoms with Crippen LogP contribution in [-0.4, -0.2) is 37.2 Å². The zero-order chi connectivity index (χ0) is 12.7. The highest BCUT2D eigenvalue weighted by Crippen LogP contribution is 2.08. The Morgan fingerprint density at radius 2 is 2.39 bits per heavy atom. The average molecular weight is 277 g/mol. The van der Waals surface area contributed by atoms with Crippen molar-refractivity contribution in [1.82, 2.24) is 10.6 Å². The lowest BCUT2D eigenvalue weighted by molar-refractivity contribution is -0.132.